The van der Waals surface area contributed by atoms with Gasteiger partial charge in [-0.3, -0.25) is 4.79 Å². The maximum Gasteiger partial charge on any atom is 0.251 e. The molecular formula is C16H13Cl2FN2O3. The van der Waals surface area contributed by atoms with Gasteiger partial charge in [-0.15, -0.1) is 0 Å². The topological polar surface area (TPSA) is 60.5 Å². The van der Waals surface area contributed by atoms with E-state index in [1.54, 1.807) is 0 Å². The van der Waals surface area contributed by atoms with E-state index in [4.69, 9.17) is 32.7 Å². The minimum atomic E-state index is -0.364. The molecule has 0 fully saturated rings. The summed E-state index contributed by atoms with van der Waals surface area (Å²) in [6.07, 6.45) is 0.415. The molecular weight excluding hydrogens is 358 g/mol. The van der Waals surface area contributed by atoms with Crippen LogP contribution in [-0.2, 0) is 17.8 Å². The number of rotatable bonds is 4. The molecule has 0 atom stereocenters. The Morgan fingerprint density at radius 1 is 1.25 bits per heavy atom. The van der Waals surface area contributed by atoms with E-state index in [1.165, 1.54) is 24.3 Å². The molecule has 1 aliphatic heterocycles. The number of pyridine rings is 1. The standard InChI is InChI=1S/C16H13Cl2FN2O3/c17-13-5-10(6-14(18)21-13)16(22)20-2-1-9-3-12(19)4-11-7-23-8-24-15(9)11/h3-6H,1-2,7-8H2,(H,20,22). The molecule has 0 saturated heterocycles. The van der Waals surface area contributed by atoms with Gasteiger partial charge >= 0.3 is 0 Å². The summed E-state index contributed by atoms with van der Waals surface area (Å²) in [6.45, 7) is 0.739. The summed E-state index contributed by atoms with van der Waals surface area (Å²) in [5.74, 6) is -0.0838. The third-order valence-electron chi connectivity index (χ3n) is 3.46. The van der Waals surface area contributed by atoms with Crippen molar-refractivity contribution in [2.24, 2.45) is 0 Å². The Kier molecular flexibility index (Phi) is 5.18. The number of ether oxygens (including phenoxy) is 2. The number of carbonyl (C=O) groups excluding carboxylic acids is 1. The third kappa shape index (κ3) is 3.95. The predicted octanol–water partition coefficient (Wildman–Crippen LogP) is 3.37. The highest BCUT2D eigenvalue weighted by Gasteiger charge is 2.17. The van der Waals surface area contributed by atoms with Crippen molar-refractivity contribution >= 4 is 29.1 Å². The lowest BCUT2D eigenvalue weighted by molar-refractivity contribution is -0.0172. The van der Waals surface area contributed by atoms with Crippen LogP contribution in [0, 0.1) is 5.82 Å². The van der Waals surface area contributed by atoms with E-state index >= 15 is 0 Å². The zero-order valence-corrected chi connectivity index (χ0v) is 14.0. The second-order valence-corrected chi connectivity index (χ2v) is 5.95. The molecule has 0 aliphatic carbocycles. The normalized spacial score (nSPS) is 13.1. The number of carbonyl (C=O) groups is 1. The van der Waals surface area contributed by atoms with E-state index < -0.39 is 0 Å². The summed E-state index contributed by atoms with van der Waals surface area (Å²) in [4.78, 5) is 15.9. The van der Waals surface area contributed by atoms with Crippen LogP contribution in [-0.4, -0.2) is 24.2 Å². The number of nitrogens with one attached hydrogen (secondary N) is 1. The van der Waals surface area contributed by atoms with Crippen molar-refractivity contribution < 1.29 is 18.7 Å². The molecule has 126 valence electrons. The maximum atomic E-state index is 13.7. The molecule has 1 N–H and O–H groups in total. The Balaban J connectivity index is 1.66. The van der Waals surface area contributed by atoms with Gasteiger partial charge in [-0.05, 0) is 36.2 Å². The highest BCUT2D eigenvalue weighted by atomic mass is 35.5. The van der Waals surface area contributed by atoms with Crippen molar-refractivity contribution in [1.82, 2.24) is 10.3 Å². The molecule has 0 unspecified atom stereocenters. The third-order valence-corrected chi connectivity index (χ3v) is 3.84. The molecule has 24 heavy (non-hydrogen) atoms. The summed E-state index contributed by atoms with van der Waals surface area (Å²) in [6, 6.07) is 5.63. The van der Waals surface area contributed by atoms with Crippen LogP contribution in [0.2, 0.25) is 10.3 Å². The number of aromatic nitrogens is 1. The van der Waals surface area contributed by atoms with Gasteiger partial charge in [0.15, 0.2) is 6.79 Å². The summed E-state index contributed by atoms with van der Waals surface area (Å²) < 4.78 is 24.2. The molecule has 3 rings (SSSR count). The molecule has 2 aromatic rings. The summed E-state index contributed by atoms with van der Waals surface area (Å²) in [5, 5.41) is 3.01. The van der Waals surface area contributed by atoms with Gasteiger partial charge in [-0.25, -0.2) is 9.37 Å². The number of benzene rings is 1. The Bertz CT molecular complexity index is 766. The van der Waals surface area contributed by atoms with E-state index in [1.807, 2.05) is 0 Å². The fourth-order valence-corrected chi connectivity index (χ4v) is 2.91. The molecule has 8 heteroatoms. The van der Waals surface area contributed by atoms with E-state index in [-0.39, 0.29) is 28.8 Å². The van der Waals surface area contributed by atoms with Crippen molar-refractivity contribution in [3.63, 3.8) is 0 Å². The zero-order chi connectivity index (χ0) is 17.1. The molecule has 0 radical (unpaired) electrons. The van der Waals surface area contributed by atoms with Crippen molar-refractivity contribution in [3.8, 4) is 5.75 Å². The number of hydrogen-bond acceptors (Lipinski definition) is 4. The lowest BCUT2D eigenvalue weighted by Gasteiger charge is -2.21. The second kappa shape index (κ2) is 7.34. The van der Waals surface area contributed by atoms with Crippen LogP contribution >= 0.6 is 23.2 Å². The first kappa shape index (κ1) is 17.0. The average Bonchev–Trinajstić information content (AvgIpc) is 2.53. The molecule has 1 aliphatic rings. The van der Waals surface area contributed by atoms with Gasteiger partial charge in [-0.2, -0.15) is 0 Å². The molecule has 0 saturated carbocycles. The lowest BCUT2D eigenvalue weighted by Crippen LogP contribution is -2.26. The average molecular weight is 371 g/mol. The molecule has 1 aromatic heterocycles. The van der Waals surface area contributed by atoms with E-state index in [0.29, 0.717) is 42.0 Å². The monoisotopic (exact) mass is 370 g/mol. The van der Waals surface area contributed by atoms with Gasteiger partial charge in [-0.1, -0.05) is 23.2 Å². The van der Waals surface area contributed by atoms with Crippen LogP contribution in [0.25, 0.3) is 0 Å². The Morgan fingerprint density at radius 2 is 2.00 bits per heavy atom. The van der Waals surface area contributed by atoms with Crippen molar-refractivity contribution in [1.29, 1.82) is 0 Å². The van der Waals surface area contributed by atoms with Gasteiger partial charge in [0.05, 0.1) is 6.61 Å². The van der Waals surface area contributed by atoms with Gasteiger partial charge < -0.3 is 14.8 Å². The van der Waals surface area contributed by atoms with Crippen molar-refractivity contribution in [2.75, 3.05) is 13.3 Å². The van der Waals surface area contributed by atoms with E-state index in [9.17, 15) is 9.18 Å². The van der Waals surface area contributed by atoms with Crippen LogP contribution < -0.4 is 10.1 Å². The zero-order valence-electron chi connectivity index (χ0n) is 12.4. The molecule has 0 spiro atoms. The van der Waals surface area contributed by atoms with Crippen LogP contribution in [0.1, 0.15) is 21.5 Å². The van der Waals surface area contributed by atoms with Gasteiger partial charge in [0.1, 0.15) is 21.9 Å². The molecule has 0 bridgehead atoms. The largest absolute Gasteiger partial charge is 0.467 e. The first-order chi connectivity index (χ1) is 11.5. The quantitative estimate of drug-likeness (QED) is 0.838. The first-order valence-electron chi connectivity index (χ1n) is 7.16. The van der Waals surface area contributed by atoms with Gasteiger partial charge in [0, 0.05) is 17.7 Å². The van der Waals surface area contributed by atoms with Crippen LogP contribution in [0.3, 0.4) is 0 Å². The van der Waals surface area contributed by atoms with Gasteiger partial charge in [0.25, 0.3) is 5.91 Å². The summed E-state index contributed by atoms with van der Waals surface area (Å²) in [7, 11) is 0. The number of nitrogens with zero attached hydrogens (tertiary/aromatic N) is 1. The number of amides is 1. The summed E-state index contributed by atoms with van der Waals surface area (Å²) in [5.41, 5.74) is 1.65. The maximum absolute atomic E-state index is 13.7. The number of halogens is 3. The smallest absolute Gasteiger partial charge is 0.251 e. The molecule has 5 nitrogen and oxygen atoms in total. The Labute approximate surface area is 147 Å². The fourth-order valence-electron chi connectivity index (χ4n) is 2.45. The highest BCUT2D eigenvalue weighted by Crippen LogP contribution is 2.29. The van der Waals surface area contributed by atoms with Crippen LogP contribution in [0.4, 0.5) is 4.39 Å². The minimum Gasteiger partial charge on any atom is -0.467 e. The van der Waals surface area contributed by atoms with Crippen molar-refractivity contribution in [3.05, 3.63) is 57.1 Å². The molecule has 2 heterocycles. The molecule has 1 aromatic carbocycles. The number of hydrogen-bond donors (Lipinski definition) is 1. The number of fused-ring (bicyclic) bond motifs is 1. The van der Waals surface area contributed by atoms with E-state index in [2.05, 4.69) is 10.3 Å². The second-order valence-electron chi connectivity index (χ2n) is 5.17. The van der Waals surface area contributed by atoms with Crippen LogP contribution in [0.5, 0.6) is 5.75 Å². The highest BCUT2D eigenvalue weighted by molar-refractivity contribution is 6.33. The lowest BCUT2D eigenvalue weighted by atomic mass is 10.1. The fraction of sp³-hybridized carbons (Fsp3) is 0.250. The SMILES string of the molecule is O=C(NCCc1cc(F)cc2c1OCOC2)c1cc(Cl)nc(Cl)c1. The van der Waals surface area contributed by atoms with E-state index in [0.717, 1.165) is 0 Å². The van der Waals surface area contributed by atoms with Gasteiger partial charge in [0.2, 0.25) is 0 Å². The first-order valence-corrected chi connectivity index (χ1v) is 7.91. The minimum absolute atomic E-state index is 0.131. The molecule has 1 amide bonds. The Hall–Kier alpha value is -1.89. The predicted molar refractivity (Wildman–Crippen MR) is 87.0 cm³/mol. The summed E-state index contributed by atoms with van der Waals surface area (Å²) >= 11 is 11.6. The Morgan fingerprint density at radius 3 is 2.75 bits per heavy atom. The van der Waals surface area contributed by atoms with Crippen LogP contribution in [0.15, 0.2) is 24.3 Å². The van der Waals surface area contributed by atoms with Crippen molar-refractivity contribution in [2.45, 2.75) is 13.0 Å².